The summed E-state index contributed by atoms with van der Waals surface area (Å²) in [6, 6.07) is 18.1. The van der Waals surface area contributed by atoms with Crippen LogP contribution in [0, 0.1) is 0 Å². The van der Waals surface area contributed by atoms with Crippen molar-refractivity contribution in [2.75, 3.05) is 30.5 Å². The molecule has 3 aromatic carbocycles. The molecule has 0 bridgehead atoms. The van der Waals surface area contributed by atoms with Crippen molar-refractivity contribution in [2.45, 2.75) is 6.92 Å². The molecule has 3 N–H and O–H groups in total. The van der Waals surface area contributed by atoms with Gasteiger partial charge in [0.05, 0.1) is 12.8 Å². The average Bonchev–Trinajstić information content (AvgIpc) is 2.93. The number of nitrogens with zero attached hydrogens (tertiary/aromatic N) is 1. The third-order valence-electron chi connectivity index (χ3n) is 4.82. The minimum atomic E-state index is -0.949. The molecular weight excluding hydrogens is 524 g/mol. The highest BCUT2D eigenvalue weighted by Crippen LogP contribution is 2.28. The Morgan fingerprint density at radius 1 is 0.872 bits per heavy atom. The van der Waals surface area contributed by atoms with Crippen molar-refractivity contribution >= 4 is 46.9 Å². The molecule has 0 aliphatic heterocycles. The Morgan fingerprint density at radius 2 is 1.56 bits per heavy atom. The van der Waals surface area contributed by atoms with Crippen molar-refractivity contribution < 1.29 is 28.6 Å². The Kier molecular flexibility index (Phi) is 10.9. The summed E-state index contributed by atoms with van der Waals surface area (Å²) in [5, 5.41) is 9.57. The van der Waals surface area contributed by atoms with E-state index in [-0.39, 0.29) is 12.5 Å². The first kappa shape index (κ1) is 28.7. The third kappa shape index (κ3) is 9.52. The van der Waals surface area contributed by atoms with Crippen molar-refractivity contribution in [1.82, 2.24) is 5.43 Å². The number of hydrogen-bond acceptors (Lipinski definition) is 7. The average molecular weight is 551 g/mol. The van der Waals surface area contributed by atoms with Crippen LogP contribution in [-0.2, 0) is 14.4 Å². The summed E-state index contributed by atoms with van der Waals surface area (Å²) in [6.45, 7) is 5.84. The number of ether oxygens (including phenoxy) is 3. The molecule has 202 valence electrons. The summed E-state index contributed by atoms with van der Waals surface area (Å²) in [7, 11) is 0. The molecule has 3 amide bonds. The van der Waals surface area contributed by atoms with Gasteiger partial charge in [-0.3, -0.25) is 14.4 Å². The van der Waals surface area contributed by atoms with E-state index in [0.29, 0.717) is 52.4 Å². The summed E-state index contributed by atoms with van der Waals surface area (Å²) in [6.07, 6.45) is 2.96. The topological polar surface area (TPSA) is 127 Å². The SMILES string of the molecule is C=CCOc1ccc(NC(=O)C(=O)N/N=C\c2ccc(OCC(=O)Nc3ccc(Cl)cc3)c(OCC)c2)cc1. The molecule has 0 atom stereocenters. The quantitative estimate of drug-likeness (QED) is 0.133. The van der Waals surface area contributed by atoms with Crippen molar-refractivity contribution in [2.24, 2.45) is 5.10 Å². The largest absolute Gasteiger partial charge is 0.490 e. The number of anilines is 2. The van der Waals surface area contributed by atoms with Crippen LogP contribution in [-0.4, -0.2) is 43.8 Å². The van der Waals surface area contributed by atoms with Crippen molar-refractivity contribution in [3.63, 3.8) is 0 Å². The zero-order chi connectivity index (χ0) is 28.0. The standard InChI is InChI=1S/C28H27ClN4O6/c1-3-15-38-23-12-10-22(11-13-23)32-27(35)28(36)33-30-17-19-5-14-24(25(16-19)37-4-2)39-18-26(34)31-21-8-6-20(29)7-9-21/h3,5-14,16-17H,1,4,15,18H2,2H3,(H,31,34)(H,32,35)(H,33,36)/b30-17-. The van der Waals surface area contributed by atoms with Gasteiger partial charge in [0.2, 0.25) is 0 Å². The molecule has 3 aromatic rings. The normalized spacial score (nSPS) is 10.4. The van der Waals surface area contributed by atoms with Gasteiger partial charge in [0.1, 0.15) is 12.4 Å². The second-order valence-electron chi connectivity index (χ2n) is 7.76. The molecule has 0 unspecified atom stereocenters. The van der Waals surface area contributed by atoms with Crippen LogP contribution in [0.4, 0.5) is 11.4 Å². The number of carbonyl (C=O) groups excluding carboxylic acids is 3. The van der Waals surface area contributed by atoms with Crippen molar-refractivity contribution in [1.29, 1.82) is 0 Å². The zero-order valence-corrected chi connectivity index (χ0v) is 21.9. The fourth-order valence-corrected chi connectivity index (χ4v) is 3.19. The van der Waals surface area contributed by atoms with Crippen LogP contribution in [0.2, 0.25) is 5.02 Å². The zero-order valence-electron chi connectivity index (χ0n) is 21.1. The monoisotopic (exact) mass is 550 g/mol. The molecule has 0 fully saturated rings. The lowest BCUT2D eigenvalue weighted by atomic mass is 10.2. The van der Waals surface area contributed by atoms with Gasteiger partial charge in [0.15, 0.2) is 18.1 Å². The van der Waals surface area contributed by atoms with E-state index in [9.17, 15) is 14.4 Å². The van der Waals surface area contributed by atoms with E-state index >= 15 is 0 Å². The lowest BCUT2D eigenvalue weighted by Gasteiger charge is -2.12. The molecule has 39 heavy (non-hydrogen) atoms. The molecule has 0 aliphatic rings. The van der Waals surface area contributed by atoms with Crippen molar-refractivity contribution in [3.05, 3.63) is 90.0 Å². The molecule has 0 aliphatic carbocycles. The molecule has 0 aromatic heterocycles. The second-order valence-corrected chi connectivity index (χ2v) is 8.20. The maximum Gasteiger partial charge on any atom is 0.329 e. The number of nitrogens with one attached hydrogen (secondary N) is 3. The number of halogens is 1. The number of hydrogen-bond donors (Lipinski definition) is 3. The highest BCUT2D eigenvalue weighted by atomic mass is 35.5. The second kappa shape index (κ2) is 14.8. The summed E-state index contributed by atoms with van der Waals surface area (Å²) < 4.78 is 16.6. The van der Waals surface area contributed by atoms with E-state index < -0.39 is 11.8 Å². The number of rotatable bonds is 12. The van der Waals surface area contributed by atoms with Gasteiger partial charge >= 0.3 is 11.8 Å². The minimum Gasteiger partial charge on any atom is -0.490 e. The number of hydrazone groups is 1. The van der Waals surface area contributed by atoms with E-state index in [0.717, 1.165) is 0 Å². The molecule has 11 heteroatoms. The van der Waals surface area contributed by atoms with Gasteiger partial charge in [0.25, 0.3) is 5.91 Å². The van der Waals surface area contributed by atoms with Crippen molar-refractivity contribution in [3.8, 4) is 17.2 Å². The van der Waals surface area contributed by atoms with Crippen LogP contribution in [0.3, 0.4) is 0 Å². The summed E-state index contributed by atoms with van der Waals surface area (Å²) >= 11 is 5.85. The smallest absolute Gasteiger partial charge is 0.329 e. The first-order chi connectivity index (χ1) is 18.9. The Balaban J connectivity index is 1.52. The summed E-state index contributed by atoms with van der Waals surface area (Å²) in [5.74, 6) is -0.860. The fourth-order valence-electron chi connectivity index (χ4n) is 3.06. The Morgan fingerprint density at radius 3 is 2.26 bits per heavy atom. The Bertz CT molecular complexity index is 1330. The van der Waals surface area contributed by atoms with Crippen LogP contribution < -0.4 is 30.3 Å². The molecule has 0 radical (unpaired) electrons. The number of amides is 3. The predicted molar refractivity (Wildman–Crippen MR) is 150 cm³/mol. The van der Waals surface area contributed by atoms with Gasteiger partial charge < -0.3 is 24.8 Å². The van der Waals surface area contributed by atoms with E-state index in [1.807, 2.05) is 0 Å². The lowest BCUT2D eigenvalue weighted by Crippen LogP contribution is -2.32. The van der Waals surface area contributed by atoms with Gasteiger partial charge in [-0.15, -0.1) is 0 Å². The van der Waals surface area contributed by atoms with E-state index in [2.05, 4.69) is 27.7 Å². The van der Waals surface area contributed by atoms with Crippen LogP contribution >= 0.6 is 11.6 Å². The first-order valence-corrected chi connectivity index (χ1v) is 12.2. The molecule has 0 heterocycles. The third-order valence-corrected chi connectivity index (χ3v) is 5.07. The minimum absolute atomic E-state index is 0.244. The van der Waals surface area contributed by atoms with Gasteiger partial charge in [0, 0.05) is 16.4 Å². The van der Waals surface area contributed by atoms with Crippen LogP contribution in [0.15, 0.2) is 84.5 Å². The number of benzene rings is 3. The summed E-state index contributed by atoms with van der Waals surface area (Å²) in [5.41, 5.74) is 3.75. The molecule has 3 rings (SSSR count). The lowest BCUT2D eigenvalue weighted by molar-refractivity contribution is -0.136. The van der Waals surface area contributed by atoms with E-state index in [1.165, 1.54) is 6.21 Å². The first-order valence-electron chi connectivity index (χ1n) is 11.8. The van der Waals surface area contributed by atoms with Gasteiger partial charge in [-0.25, -0.2) is 5.43 Å². The Labute approximate surface area is 230 Å². The maximum atomic E-state index is 12.2. The number of carbonyl (C=O) groups is 3. The predicted octanol–water partition coefficient (Wildman–Crippen LogP) is 4.41. The molecular formula is C28H27ClN4O6. The fraction of sp³-hybridized carbons (Fsp3) is 0.143. The van der Waals surface area contributed by atoms with Crippen LogP contribution in [0.25, 0.3) is 0 Å². The molecule has 0 spiro atoms. The molecule has 0 saturated carbocycles. The van der Waals surface area contributed by atoms with Gasteiger partial charge in [-0.1, -0.05) is 24.3 Å². The van der Waals surface area contributed by atoms with Gasteiger partial charge in [-0.2, -0.15) is 5.10 Å². The van der Waals surface area contributed by atoms with Crippen LogP contribution in [0.5, 0.6) is 17.2 Å². The molecule has 0 saturated heterocycles. The molecule has 10 nitrogen and oxygen atoms in total. The summed E-state index contributed by atoms with van der Waals surface area (Å²) in [4.78, 5) is 36.5. The Hall–Kier alpha value is -4.83. The van der Waals surface area contributed by atoms with Crippen LogP contribution in [0.1, 0.15) is 12.5 Å². The van der Waals surface area contributed by atoms with E-state index in [4.69, 9.17) is 25.8 Å². The highest BCUT2D eigenvalue weighted by molar-refractivity contribution is 6.39. The van der Waals surface area contributed by atoms with Gasteiger partial charge in [-0.05, 0) is 79.2 Å². The maximum absolute atomic E-state index is 12.2. The van der Waals surface area contributed by atoms with E-state index in [1.54, 1.807) is 79.7 Å². The highest BCUT2D eigenvalue weighted by Gasteiger charge is 2.13.